The summed E-state index contributed by atoms with van der Waals surface area (Å²) < 4.78 is 17.5. The van der Waals surface area contributed by atoms with E-state index in [0.717, 1.165) is 16.8 Å². The number of aryl methyl sites for hydroxylation is 1. The van der Waals surface area contributed by atoms with E-state index in [2.05, 4.69) is 9.97 Å². The number of pyridine rings is 2. The maximum Gasteiger partial charge on any atom is 0.410 e. The molecule has 0 N–H and O–H groups in total. The van der Waals surface area contributed by atoms with Crippen LogP contribution in [0.15, 0.2) is 36.7 Å². The minimum atomic E-state index is -0.499. The Kier molecular flexibility index (Phi) is 5.61. The third-order valence-electron chi connectivity index (χ3n) is 5.12. The monoisotopic (exact) mass is 425 g/mol. The molecule has 3 aromatic rings. The van der Waals surface area contributed by atoms with Crippen molar-refractivity contribution in [3.8, 4) is 11.6 Å². The average Bonchev–Trinajstić information content (AvgIpc) is 3.13. The lowest BCUT2D eigenvalue weighted by Crippen LogP contribution is -2.52. The van der Waals surface area contributed by atoms with Crippen LogP contribution in [0.3, 0.4) is 0 Å². The van der Waals surface area contributed by atoms with E-state index < -0.39 is 6.09 Å². The third-order valence-corrected chi connectivity index (χ3v) is 5.12. The summed E-state index contributed by atoms with van der Waals surface area (Å²) in [5.74, 6) is 0.969. The molecule has 3 aromatic heterocycles. The van der Waals surface area contributed by atoms with Gasteiger partial charge in [0.2, 0.25) is 11.8 Å². The molecule has 1 saturated heterocycles. The SMILES string of the molecule is COC(=O)N1CCN(c2cn(C)c3nc(OCc4ccc(OC)cn4)ccc23)C(=O)C1. The Hall–Kier alpha value is -3.82. The molecule has 0 unspecified atom stereocenters. The molecule has 1 aliphatic heterocycles. The lowest BCUT2D eigenvalue weighted by Gasteiger charge is -2.33. The summed E-state index contributed by atoms with van der Waals surface area (Å²) in [6.45, 7) is 1.03. The van der Waals surface area contributed by atoms with Gasteiger partial charge < -0.3 is 23.7 Å². The van der Waals surface area contributed by atoms with Gasteiger partial charge >= 0.3 is 6.09 Å². The molecule has 0 aliphatic carbocycles. The molecular weight excluding hydrogens is 402 g/mol. The Morgan fingerprint density at radius 3 is 2.68 bits per heavy atom. The van der Waals surface area contributed by atoms with E-state index in [1.165, 1.54) is 12.0 Å². The van der Waals surface area contributed by atoms with Crippen molar-refractivity contribution >= 4 is 28.7 Å². The van der Waals surface area contributed by atoms with Gasteiger partial charge in [-0.3, -0.25) is 14.7 Å². The first-order valence-corrected chi connectivity index (χ1v) is 9.71. The number of hydrogen-bond donors (Lipinski definition) is 0. The van der Waals surface area contributed by atoms with Crippen molar-refractivity contribution in [1.29, 1.82) is 0 Å². The molecule has 0 atom stereocenters. The zero-order valence-electron chi connectivity index (χ0n) is 17.6. The molecule has 0 bridgehead atoms. The molecule has 4 heterocycles. The summed E-state index contributed by atoms with van der Waals surface area (Å²) in [4.78, 5) is 36.3. The first kappa shape index (κ1) is 20.5. The fraction of sp³-hybridized carbons (Fsp3) is 0.333. The number of hydrogen-bond acceptors (Lipinski definition) is 7. The quantitative estimate of drug-likeness (QED) is 0.616. The van der Waals surface area contributed by atoms with Crippen molar-refractivity contribution < 1.29 is 23.8 Å². The highest BCUT2D eigenvalue weighted by Gasteiger charge is 2.30. The number of fused-ring (bicyclic) bond motifs is 1. The summed E-state index contributed by atoms with van der Waals surface area (Å²) in [7, 11) is 4.76. The second kappa shape index (κ2) is 8.50. The van der Waals surface area contributed by atoms with Crippen molar-refractivity contribution in [2.75, 3.05) is 38.8 Å². The highest BCUT2D eigenvalue weighted by molar-refractivity contribution is 6.04. The number of nitrogens with zero attached hydrogens (tertiary/aromatic N) is 5. The lowest BCUT2D eigenvalue weighted by molar-refractivity contribution is -0.120. The normalized spacial score (nSPS) is 14.1. The van der Waals surface area contributed by atoms with Crippen LogP contribution in [-0.4, -0.2) is 65.3 Å². The van der Waals surface area contributed by atoms with Crippen LogP contribution >= 0.6 is 0 Å². The van der Waals surface area contributed by atoms with E-state index in [1.807, 2.05) is 36.0 Å². The lowest BCUT2D eigenvalue weighted by atomic mass is 10.2. The van der Waals surface area contributed by atoms with Gasteiger partial charge in [-0.05, 0) is 18.2 Å². The van der Waals surface area contributed by atoms with Crippen LogP contribution in [0.25, 0.3) is 11.0 Å². The number of amides is 2. The molecule has 31 heavy (non-hydrogen) atoms. The van der Waals surface area contributed by atoms with Crippen LogP contribution in [-0.2, 0) is 23.2 Å². The first-order chi connectivity index (χ1) is 15.0. The van der Waals surface area contributed by atoms with Crippen LogP contribution in [0.4, 0.5) is 10.5 Å². The Morgan fingerprint density at radius 2 is 2.00 bits per heavy atom. The topological polar surface area (TPSA) is 99.0 Å². The third kappa shape index (κ3) is 4.09. The largest absolute Gasteiger partial charge is 0.495 e. The van der Waals surface area contributed by atoms with Gasteiger partial charge in [-0.2, -0.15) is 4.98 Å². The molecule has 0 aromatic carbocycles. The number of piperazine rings is 1. The van der Waals surface area contributed by atoms with E-state index in [1.54, 1.807) is 24.3 Å². The Bertz CT molecular complexity index is 1110. The van der Waals surface area contributed by atoms with E-state index in [9.17, 15) is 9.59 Å². The smallest absolute Gasteiger partial charge is 0.410 e. The summed E-state index contributed by atoms with van der Waals surface area (Å²) in [6.07, 6.45) is 2.99. The number of carbonyl (C=O) groups is 2. The first-order valence-electron chi connectivity index (χ1n) is 9.71. The minimum absolute atomic E-state index is 0.0213. The van der Waals surface area contributed by atoms with Gasteiger partial charge in [0.25, 0.3) is 0 Å². The number of methoxy groups -OCH3 is 2. The second-order valence-corrected chi connectivity index (χ2v) is 7.06. The van der Waals surface area contributed by atoms with Crippen LogP contribution in [0.5, 0.6) is 11.6 Å². The molecule has 0 spiro atoms. The fourth-order valence-electron chi connectivity index (χ4n) is 3.49. The molecule has 0 saturated carbocycles. The van der Waals surface area contributed by atoms with Crippen molar-refractivity contribution in [1.82, 2.24) is 19.4 Å². The predicted octanol–water partition coefficient (Wildman–Crippen LogP) is 1.97. The molecule has 10 heteroatoms. The van der Waals surface area contributed by atoms with Gasteiger partial charge in [0.15, 0.2) is 0 Å². The molecule has 10 nitrogen and oxygen atoms in total. The number of anilines is 1. The highest BCUT2D eigenvalue weighted by atomic mass is 16.5. The standard InChI is InChI=1S/C21H23N5O5/c1-24-11-17(26-9-8-25(12-19(26)27)21(28)30-3)16-6-7-18(23-20(16)24)31-13-14-4-5-15(29-2)10-22-14/h4-7,10-11H,8-9,12-13H2,1-3H3. The van der Waals surface area contributed by atoms with Crippen molar-refractivity contribution in [3.05, 3.63) is 42.4 Å². The van der Waals surface area contributed by atoms with E-state index in [-0.39, 0.29) is 19.1 Å². The second-order valence-electron chi connectivity index (χ2n) is 7.06. The van der Waals surface area contributed by atoms with Crippen LogP contribution in [0.2, 0.25) is 0 Å². The number of ether oxygens (including phenoxy) is 3. The van der Waals surface area contributed by atoms with E-state index in [4.69, 9.17) is 14.2 Å². The Morgan fingerprint density at radius 1 is 1.16 bits per heavy atom. The molecule has 0 radical (unpaired) electrons. The van der Waals surface area contributed by atoms with Crippen molar-refractivity contribution in [2.24, 2.45) is 7.05 Å². The Labute approximate surface area is 178 Å². The van der Waals surface area contributed by atoms with Gasteiger partial charge in [-0.25, -0.2) is 4.79 Å². The Balaban J connectivity index is 1.51. The van der Waals surface area contributed by atoms with Gasteiger partial charge in [0, 0.05) is 37.8 Å². The maximum atomic E-state index is 12.7. The molecule has 1 aliphatic rings. The van der Waals surface area contributed by atoms with Gasteiger partial charge in [-0.15, -0.1) is 0 Å². The highest BCUT2D eigenvalue weighted by Crippen LogP contribution is 2.30. The van der Waals surface area contributed by atoms with Gasteiger partial charge in [0.05, 0.1) is 31.8 Å². The summed E-state index contributed by atoms with van der Waals surface area (Å²) in [5.41, 5.74) is 2.20. The number of rotatable bonds is 5. The summed E-state index contributed by atoms with van der Waals surface area (Å²) >= 11 is 0. The number of carbonyl (C=O) groups excluding carboxylic acids is 2. The molecule has 1 fully saturated rings. The van der Waals surface area contributed by atoms with Crippen LogP contribution in [0, 0.1) is 0 Å². The zero-order chi connectivity index (χ0) is 22.0. The molecule has 162 valence electrons. The average molecular weight is 425 g/mol. The fourth-order valence-corrected chi connectivity index (χ4v) is 3.49. The van der Waals surface area contributed by atoms with Crippen LogP contribution in [0.1, 0.15) is 5.69 Å². The minimum Gasteiger partial charge on any atom is -0.495 e. The molecule has 2 amide bonds. The van der Waals surface area contributed by atoms with Gasteiger partial charge in [-0.1, -0.05) is 0 Å². The predicted molar refractivity (Wildman–Crippen MR) is 112 cm³/mol. The van der Waals surface area contributed by atoms with E-state index in [0.29, 0.717) is 30.4 Å². The zero-order valence-corrected chi connectivity index (χ0v) is 17.6. The molecular formula is C21H23N5O5. The van der Waals surface area contributed by atoms with Gasteiger partial charge in [0.1, 0.15) is 24.5 Å². The van der Waals surface area contributed by atoms with E-state index >= 15 is 0 Å². The summed E-state index contributed by atoms with van der Waals surface area (Å²) in [6, 6.07) is 7.30. The maximum absolute atomic E-state index is 12.7. The van der Waals surface area contributed by atoms with Crippen molar-refractivity contribution in [3.63, 3.8) is 0 Å². The number of aromatic nitrogens is 3. The van der Waals surface area contributed by atoms with Crippen LogP contribution < -0.4 is 14.4 Å². The molecule has 4 rings (SSSR count). The van der Waals surface area contributed by atoms with Crippen molar-refractivity contribution in [2.45, 2.75) is 6.61 Å². The summed E-state index contributed by atoms with van der Waals surface area (Å²) in [5, 5.41) is 0.831.